The zero-order valence-corrected chi connectivity index (χ0v) is 16.0. The van der Waals surface area contributed by atoms with E-state index in [9.17, 15) is 14.7 Å². The smallest absolute Gasteiger partial charge is 0.338 e. The summed E-state index contributed by atoms with van der Waals surface area (Å²) < 4.78 is 11.8. The van der Waals surface area contributed by atoms with Gasteiger partial charge in [-0.2, -0.15) is 0 Å². The van der Waals surface area contributed by atoms with Crippen LogP contribution in [-0.4, -0.2) is 35.4 Å². The van der Waals surface area contributed by atoms with Gasteiger partial charge in [-0.05, 0) is 43.5 Å². The third-order valence-electron chi connectivity index (χ3n) is 6.58. The van der Waals surface area contributed by atoms with Crippen molar-refractivity contribution in [2.75, 3.05) is 6.61 Å². The van der Waals surface area contributed by atoms with Crippen LogP contribution in [0.3, 0.4) is 0 Å². The maximum Gasteiger partial charge on any atom is 0.338 e. The Morgan fingerprint density at radius 1 is 1.00 bits per heavy atom. The van der Waals surface area contributed by atoms with Gasteiger partial charge in [0.1, 0.15) is 11.7 Å². The van der Waals surface area contributed by atoms with Gasteiger partial charge in [0.25, 0.3) is 0 Å². The lowest BCUT2D eigenvalue weighted by atomic mass is 9.85. The molecule has 5 atom stereocenters. The Hall–Kier alpha value is -2.66. The Labute approximate surface area is 164 Å². The maximum atomic E-state index is 12.7. The van der Waals surface area contributed by atoms with Gasteiger partial charge in [0.2, 0.25) is 0 Å². The quantitative estimate of drug-likeness (QED) is 0.804. The highest BCUT2D eigenvalue weighted by Gasteiger charge is 2.77. The number of fused-ring (bicyclic) bond motifs is 1. The molecule has 2 aromatic rings. The maximum absolute atomic E-state index is 12.7. The summed E-state index contributed by atoms with van der Waals surface area (Å²) in [5.41, 5.74) is -0.676. The molecular formula is C23H24O5. The van der Waals surface area contributed by atoms with E-state index >= 15 is 0 Å². The monoisotopic (exact) mass is 380 g/mol. The predicted molar refractivity (Wildman–Crippen MR) is 103 cm³/mol. The molecule has 2 fully saturated rings. The Balaban J connectivity index is 1.62. The van der Waals surface area contributed by atoms with E-state index in [0.717, 1.165) is 6.42 Å². The summed E-state index contributed by atoms with van der Waals surface area (Å²) in [6.45, 7) is 3.70. The fourth-order valence-corrected chi connectivity index (χ4v) is 4.76. The minimum absolute atomic E-state index is 0.0408. The van der Waals surface area contributed by atoms with Gasteiger partial charge in [-0.1, -0.05) is 43.3 Å². The van der Waals surface area contributed by atoms with Crippen molar-refractivity contribution in [1.29, 1.82) is 0 Å². The Bertz CT molecular complexity index is 880. The molecule has 2 aromatic carbocycles. The standard InChI is InChI=1S/C23H24O5/c1-15-18-13-23(18,14-24)21(27-19(25)16-9-5-3-6-10-16)22(15,2)28-20(26)17-11-7-4-8-12-17/h3-12,15,18,21,24H,13-14H2,1-2H3. The van der Waals surface area contributed by atoms with Crippen molar-refractivity contribution < 1.29 is 24.2 Å². The number of hydrogen-bond acceptors (Lipinski definition) is 5. The van der Waals surface area contributed by atoms with Crippen LogP contribution >= 0.6 is 0 Å². The van der Waals surface area contributed by atoms with E-state index < -0.39 is 29.1 Å². The second-order valence-corrected chi connectivity index (χ2v) is 8.08. The van der Waals surface area contributed by atoms with Crippen molar-refractivity contribution in [3.8, 4) is 0 Å². The van der Waals surface area contributed by atoms with Crippen molar-refractivity contribution in [1.82, 2.24) is 0 Å². The lowest BCUT2D eigenvalue weighted by molar-refractivity contribution is -0.117. The number of aliphatic hydroxyl groups is 1. The number of hydrogen-bond donors (Lipinski definition) is 1. The SMILES string of the molecule is CC1C2CC2(CO)C(OC(=O)c2ccccc2)C1(C)OC(=O)c1ccccc1. The van der Waals surface area contributed by atoms with Gasteiger partial charge in [0.15, 0.2) is 0 Å². The largest absolute Gasteiger partial charge is 0.454 e. The van der Waals surface area contributed by atoms with Crippen molar-refractivity contribution in [2.45, 2.75) is 32.0 Å². The van der Waals surface area contributed by atoms with E-state index in [1.165, 1.54) is 0 Å². The fourth-order valence-electron chi connectivity index (χ4n) is 4.76. The molecular weight excluding hydrogens is 356 g/mol. The van der Waals surface area contributed by atoms with Crippen LogP contribution in [0.15, 0.2) is 60.7 Å². The molecule has 5 nitrogen and oxygen atoms in total. The number of carbonyl (C=O) groups is 2. The molecule has 1 N–H and O–H groups in total. The molecule has 0 amide bonds. The Morgan fingerprint density at radius 3 is 2.07 bits per heavy atom. The first kappa shape index (κ1) is 18.7. The third kappa shape index (κ3) is 2.81. The summed E-state index contributed by atoms with van der Waals surface area (Å²) in [5, 5.41) is 10.1. The van der Waals surface area contributed by atoms with Crippen LogP contribution in [0.4, 0.5) is 0 Å². The number of rotatable bonds is 5. The molecule has 0 bridgehead atoms. The second kappa shape index (κ2) is 6.74. The van der Waals surface area contributed by atoms with Gasteiger partial charge in [-0.25, -0.2) is 9.59 Å². The number of carbonyl (C=O) groups excluding carboxylic acids is 2. The van der Waals surface area contributed by atoms with Crippen molar-refractivity contribution in [3.63, 3.8) is 0 Å². The molecule has 0 radical (unpaired) electrons. The van der Waals surface area contributed by atoms with E-state index in [0.29, 0.717) is 11.1 Å². The summed E-state index contributed by atoms with van der Waals surface area (Å²) in [5.74, 6) is -0.814. The molecule has 146 valence electrons. The highest BCUT2D eigenvalue weighted by molar-refractivity contribution is 5.90. The van der Waals surface area contributed by atoms with E-state index in [1.807, 2.05) is 26.0 Å². The van der Waals surface area contributed by atoms with Gasteiger partial charge in [0, 0.05) is 11.3 Å². The van der Waals surface area contributed by atoms with E-state index in [4.69, 9.17) is 9.47 Å². The van der Waals surface area contributed by atoms with Crippen LogP contribution in [0.1, 0.15) is 41.0 Å². The number of aliphatic hydroxyl groups excluding tert-OH is 1. The normalized spacial score (nSPS) is 33.0. The minimum atomic E-state index is -1.01. The molecule has 4 rings (SSSR count). The Kier molecular flexibility index (Phi) is 4.50. The molecule has 2 aliphatic carbocycles. The fraction of sp³-hybridized carbons (Fsp3) is 0.391. The number of esters is 2. The first-order chi connectivity index (χ1) is 13.4. The van der Waals surface area contributed by atoms with Crippen molar-refractivity contribution >= 4 is 11.9 Å². The predicted octanol–water partition coefficient (Wildman–Crippen LogP) is 3.48. The summed E-state index contributed by atoms with van der Waals surface area (Å²) in [6.07, 6.45) is 0.0564. The first-order valence-electron chi connectivity index (χ1n) is 9.57. The van der Waals surface area contributed by atoms with Crippen LogP contribution in [0.2, 0.25) is 0 Å². The summed E-state index contributed by atoms with van der Waals surface area (Å²) in [6, 6.07) is 17.5. The van der Waals surface area contributed by atoms with Crippen LogP contribution in [0, 0.1) is 17.3 Å². The van der Waals surface area contributed by atoms with E-state index in [2.05, 4.69) is 0 Å². The van der Waals surface area contributed by atoms with Gasteiger partial charge < -0.3 is 14.6 Å². The molecule has 2 aliphatic rings. The molecule has 0 aliphatic heterocycles. The van der Waals surface area contributed by atoms with Crippen LogP contribution < -0.4 is 0 Å². The van der Waals surface area contributed by atoms with Crippen LogP contribution in [-0.2, 0) is 9.47 Å². The summed E-state index contributed by atoms with van der Waals surface area (Å²) in [4.78, 5) is 25.5. The van der Waals surface area contributed by atoms with Crippen molar-refractivity contribution in [2.24, 2.45) is 17.3 Å². The zero-order valence-electron chi connectivity index (χ0n) is 16.0. The van der Waals surface area contributed by atoms with E-state index in [-0.39, 0.29) is 18.4 Å². The molecule has 0 saturated heterocycles. The van der Waals surface area contributed by atoms with Gasteiger partial charge in [0.05, 0.1) is 17.7 Å². The average molecular weight is 380 g/mol. The lowest BCUT2D eigenvalue weighted by Crippen LogP contribution is -2.51. The first-order valence-corrected chi connectivity index (χ1v) is 9.57. The van der Waals surface area contributed by atoms with Gasteiger partial charge >= 0.3 is 11.9 Å². The summed E-state index contributed by atoms with van der Waals surface area (Å²) >= 11 is 0. The molecule has 28 heavy (non-hydrogen) atoms. The molecule has 0 spiro atoms. The topological polar surface area (TPSA) is 72.8 Å². The third-order valence-corrected chi connectivity index (χ3v) is 6.58. The average Bonchev–Trinajstić information content (AvgIpc) is 3.44. The summed E-state index contributed by atoms with van der Waals surface area (Å²) in [7, 11) is 0. The van der Waals surface area contributed by atoms with Crippen LogP contribution in [0.5, 0.6) is 0 Å². The second-order valence-electron chi connectivity index (χ2n) is 8.08. The molecule has 5 heteroatoms. The molecule has 0 heterocycles. The number of benzene rings is 2. The van der Waals surface area contributed by atoms with E-state index in [1.54, 1.807) is 48.5 Å². The molecule has 5 unspecified atom stereocenters. The molecule has 2 saturated carbocycles. The van der Waals surface area contributed by atoms with Gasteiger partial charge in [-0.3, -0.25) is 0 Å². The highest BCUT2D eigenvalue weighted by Crippen LogP contribution is 2.70. The highest BCUT2D eigenvalue weighted by atomic mass is 16.6. The molecule has 0 aromatic heterocycles. The van der Waals surface area contributed by atoms with Crippen molar-refractivity contribution in [3.05, 3.63) is 71.8 Å². The number of ether oxygens (including phenoxy) is 2. The lowest BCUT2D eigenvalue weighted by Gasteiger charge is -2.38. The van der Waals surface area contributed by atoms with Gasteiger partial charge in [-0.15, -0.1) is 0 Å². The minimum Gasteiger partial charge on any atom is -0.454 e. The zero-order chi connectivity index (χ0) is 19.9. The Morgan fingerprint density at radius 2 is 1.54 bits per heavy atom. The van der Waals surface area contributed by atoms with Crippen LogP contribution in [0.25, 0.3) is 0 Å².